The maximum atomic E-state index is 15.0. The van der Waals surface area contributed by atoms with Crippen LogP contribution < -0.4 is 5.14 Å². The Morgan fingerprint density at radius 2 is 1.86 bits per heavy atom. The minimum Gasteiger partial charge on any atom is -0.870 e. The van der Waals surface area contributed by atoms with E-state index in [1.54, 1.807) is 22.9 Å². The van der Waals surface area contributed by atoms with Crippen molar-refractivity contribution in [2.24, 2.45) is 17.0 Å². The number of nitrogens with zero attached hydrogens (tertiary/aromatic N) is 3. The second kappa shape index (κ2) is 13.5. The first-order valence-electron chi connectivity index (χ1n) is 14.4. The van der Waals surface area contributed by atoms with Crippen molar-refractivity contribution in [2.45, 2.75) is 62.7 Å². The molecule has 0 aliphatic heterocycles. The Morgan fingerprint density at radius 3 is 2.52 bits per heavy atom. The van der Waals surface area contributed by atoms with Crippen LogP contribution in [-0.4, -0.2) is 31.3 Å². The molecule has 0 bridgehead atoms. The molecule has 2 aromatic carbocycles. The summed E-state index contributed by atoms with van der Waals surface area (Å²) in [7, 11) is -2.33. The zero-order valence-corrected chi connectivity index (χ0v) is 25.5. The smallest absolute Gasteiger partial charge is 0.355 e. The summed E-state index contributed by atoms with van der Waals surface area (Å²) in [5.41, 5.74) is 3.71. The van der Waals surface area contributed by atoms with Crippen LogP contribution in [0.4, 0.5) is 8.78 Å². The van der Waals surface area contributed by atoms with Crippen molar-refractivity contribution in [2.75, 3.05) is 0 Å². The molecule has 2 saturated carbocycles. The maximum Gasteiger partial charge on any atom is 0.355 e. The van der Waals surface area contributed by atoms with E-state index in [-0.39, 0.29) is 34.0 Å². The molecule has 2 aromatic heterocycles. The lowest BCUT2D eigenvalue weighted by atomic mass is 9.89. The van der Waals surface area contributed by atoms with Crippen LogP contribution in [0.2, 0.25) is 0 Å². The number of carbonyl (C=O) groups is 1. The van der Waals surface area contributed by atoms with Gasteiger partial charge in [-0.3, -0.25) is 0 Å². The molecule has 2 heterocycles. The minimum absolute atomic E-state index is 0. The van der Waals surface area contributed by atoms with E-state index in [1.807, 2.05) is 0 Å². The first-order chi connectivity index (χ1) is 20.8. The van der Waals surface area contributed by atoms with E-state index < -0.39 is 28.6 Å². The van der Waals surface area contributed by atoms with E-state index in [0.29, 0.717) is 34.3 Å². The summed E-state index contributed by atoms with van der Waals surface area (Å²) in [5.74, 6) is 4.84. The zero-order valence-electron chi connectivity index (χ0n) is 23.8. The SMILES string of the molecule is N[SH+](=O)c1ccc(Cc2c(-c3ccc(F)c(C#CC4CCCCC4)c3)nn(-c3nc(C(=O)O)cs3)c2CC2CC2)cc1F.[OH-]. The van der Waals surface area contributed by atoms with Crippen molar-refractivity contribution >= 4 is 28.3 Å². The molecule has 8 nitrogen and oxygen atoms in total. The fourth-order valence-electron chi connectivity index (χ4n) is 5.56. The molecule has 2 aliphatic rings. The van der Waals surface area contributed by atoms with Gasteiger partial charge in [0, 0.05) is 28.8 Å². The Bertz CT molecular complexity index is 1780. The standard InChI is InChI=1S/C32H30F2N4O3S2.H2O/c33-25-12-11-23(17-22(25)10-8-19-4-2-1-3-5-19)30-24(14-21-9-13-29(43(35)41)26(34)15-21)28(16-20-6-7-20)38(37-30)32-36-27(18-42-32)31(39)40;/h9,11-13,15,17-20H,1-7,14,16H2,(H2,35,41)(H,39,40);1H2. The largest absolute Gasteiger partial charge is 0.870 e. The molecule has 1 unspecified atom stereocenters. The highest BCUT2D eigenvalue weighted by atomic mass is 32.2. The zero-order chi connectivity index (χ0) is 30.1. The third-order valence-electron chi connectivity index (χ3n) is 8.05. The van der Waals surface area contributed by atoms with Gasteiger partial charge in [0.25, 0.3) is 0 Å². The van der Waals surface area contributed by atoms with E-state index in [1.165, 1.54) is 41.3 Å². The summed E-state index contributed by atoms with van der Waals surface area (Å²) in [6, 6.07) is 9.21. The lowest BCUT2D eigenvalue weighted by molar-refractivity contribution is 0.0691. The Kier molecular flexibility index (Phi) is 9.70. The molecule has 2 aliphatic carbocycles. The minimum atomic E-state index is -2.33. The molecular weight excluding hydrogens is 607 g/mol. The van der Waals surface area contributed by atoms with Gasteiger partial charge in [-0.1, -0.05) is 41.4 Å². The van der Waals surface area contributed by atoms with Crippen molar-refractivity contribution in [1.29, 1.82) is 0 Å². The number of carboxylic acid groups (broad SMARTS) is 1. The van der Waals surface area contributed by atoms with Gasteiger partial charge in [-0.2, -0.15) is 5.10 Å². The second-order valence-corrected chi connectivity index (χ2v) is 13.2. The Balaban J connectivity index is 0.00000384. The normalized spacial score (nSPS) is 15.7. The Morgan fingerprint density at radius 1 is 1.09 bits per heavy atom. The molecule has 230 valence electrons. The van der Waals surface area contributed by atoms with E-state index >= 15 is 0 Å². The van der Waals surface area contributed by atoms with Gasteiger partial charge in [-0.15, -0.1) is 16.5 Å². The molecule has 4 aromatic rings. The number of benzene rings is 2. The molecule has 6 rings (SSSR count). The van der Waals surface area contributed by atoms with Crippen molar-refractivity contribution in [3.8, 4) is 28.2 Å². The average molecular weight is 639 g/mol. The number of thiol groups is 1. The quantitative estimate of drug-likeness (QED) is 0.134. The molecule has 0 spiro atoms. The Hall–Kier alpha value is -3.76. The number of halogens is 2. The molecule has 0 radical (unpaired) electrons. The predicted octanol–water partition coefficient (Wildman–Crippen LogP) is 6.20. The first-order valence-corrected chi connectivity index (χ1v) is 16.6. The molecule has 12 heteroatoms. The molecule has 1 atom stereocenters. The van der Waals surface area contributed by atoms with Crippen LogP contribution >= 0.6 is 11.3 Å². The third-order valence-corrected chi connectivity index (χ3v) is 9.70. The highest BCUT2D eigenvalue weighted by Gasteiger charge is 2.30. The van der Waals surface area contributed by atoms with Gasteiger partial charge in [-0.25, -0.2) is 23.2 Å². The summed E-state index contributed by atoms with van der Waals surface area (Å²) in [6.45, 7) is 0. The molecule has 0 saturated heterocycles. The fraction of sp³-hybridized carbons (Fsp3) is 0.344. The average Bonchev–Trinajstić information content (AvgIpc) is 3.55. The topological polar surface area (TPSA) is 141 Å². The highest BCUT2D eigenvalue weighted by molar-refractivity contribution is 7.82. The summed E-state index contributed by atoms with van der Waals surface area (Å²) in [4.78, 5) is 15.9. The molecular formula is C32H32F2N4O4S2. The highest BCUT2D eigenvalue weighted by Crippen LogP contribution is 2.38. The molecule has 0 amide bonds. The number of nitrogens with two attached hydrogens (primary N) is 1. The number of thiazole rings is 1. The van der Waals surface area contributed by atoms with Gasteiger partial charge in [0.15, 0.2) is 22.5 Å². The predicted molar refractivity (Wildman–Crippen MR) is 165 cm³/mol. The lowest BCUT2D eigenvalue weighted by Gasteiger charge is -2.15. The van der Waals surface area contributed by atoms with Gasteiger partial charge in [-0.05, 0) is 73.9 Å². The van der Waals surface area contributed by atoms with Crippen LogP contribution in [0.3, 0.4) is 0 Å². The summed E-state index contributed by atoms with van der Waals surface area (Å²) in [5, 5.41) is 21.8. The van der Waals surface area contributed by atoms with E-state index in [4.69, 9.17) is 10.2 Å². The van der Waals surface area contributed by atoms with E-state index in [0.717, 1.165) is 49.8 Å². The van der Waals surface area contributed by atoms with Crippen molar-refractivity contribution in [3.05, 3.63) is 81.5 Å². The van der Waals surface area contributed by atoms with Crippen LogP contribution in [-0.2, 0) is 28.0 Å². The van der Waals surface area contributed by atoms with E-state index in [2.05, 4.69) is 16.8 Å². The maximum absolute atomic E-state index is 15.0. The molecule has 4 N–H and O–H groups in total. The van der Waals surface area contributed by atoms with Crippen LogP contribution in [0, 0.1) is 35.3 Å². The van der Waals surface area contributed by atoms with Crippen LogP contribution in [0.25, 0.3) is 16.4 Å². The van der Waals surface area contributed by atoms with Gasteiger partial charge in [0.2, 0.25) is 10.0 Å². The van der Waals surface area contributed by atoms with Crippen LogP contribution in [0.15, 0.2) is 46.7 Å². The number of hydrogen-bond acceptors (Lipinski definition) is 6. The van der Waals surface area contributed by atoms with Gasteiger partial charge in [0.05, 0.1) is 17.0 Å². The van der Waals surface area contributed by atoms with E-state index in [9.17, 15) is 22.9 Å². The van der Waals surface area contributed by atoms with Crippen LogP contribution in [0.5, 0.6) is 0 Å². The fourth-order valence-corrected chi connectivity index (χ4v) is 6.83. The monoisotopic (exact) mass is 638 g/mol. The summed E-state index contributed by atoms with van der Waals surface area (Å²) < 4.78 is 43.2. The second-order valence-electron chi connectivity index (χ2n) is 11.2. The van der Waals surface area contributed by atoms with Crippen LogP contribution in [0.1, 0.15) is 77.8 Å². The first kappa shape index (κ1) is 31.7. The lowest BCUT2D eigenvalue weighted by Crippen LogP contribution is -2.07. The third kappa shape index (κ3) is 6.97. The number of carboxylic acids is 1. The number of hydrogen-bond donors (Lipinski definition) is 2. The number of rotatable bonds is 8. The Labute approximate surface area is 260 Å². The molecule has 2 fully saturated rings. The van der Waals surface area contributed by atoms with Crippen molar-refractivity contribution in [1.82, 2.24) is 14.8 Å². The number of aromatic carboxylic acids is 1. The number of aromatic nitrogens is 3. The summed E-state index contributed by atoms with van der Waals surface area (Å²) >= 11 is 1.17. The van der Waals surface area contributed by atoms with Gasteiger partial charge in [0.1, 0.15) is 5.82 Å². The van der Waals surface area contributed by atoms with Crippen molar-refractivity contribution < 1.29 is 28.4 Å². The molecule has 44 heavy (non-hydrogen) atoms. The van der Waals surface area contributed by atoms with Crippen molar-refractivity contribution in [3.63, 3.8) is 0 Å². The van der Waals surface area contributed by atoms with Gasteiger partial charge >= 0.3 is 5.97 Å². The summed E-state index contributed by atoms with van der Waals surface area (Å²) in [6.07, 6.45) is 8.60. The van der Waals surface area contributed by atoms with Gasteiger partial charge < -0.3 is 10.6 Å².